The van der Waals surface area contributed by atoms with Gasteiger partial charge in [-0.05, 0) is 28.9 Å². The van der Waals surface area contributed by atoms with Crippen LogP contribution in [0.2, 0.25) is 0 Å². The van der Waals surface area contributed by atoms with Gasteiger partial charge >= 0.3 is 0 Å². The second kappa shape index (κ2) is 6.21. The van der Waals surface area contributed by atoms with E-state index in [4.69, 9.17) is 0 Å². The molecule has 1 saturated heterocycles. The Balaban J connectivity index is 2.15. The van der Waals surface area contributed by atoms with Crippen LogP contribution in [0.25, 0.3) is 0 Å². The standard InChI is InChI=1S/C12H17BrN4O2/c1-2-15-11(18)10-7-14-3-4-17(10)12(19)9-5-8(13)6-16-9/h5-6,10,14,16H,2-4,7H2,1H3,(H,15,18). The average Bonchev–Trinajstić information content (AvgIpc) is 2.85. The van der Waals surface area contributed by atoms with Gasteiger partial charge in [0.05, 0.1) is 0 Å². The quantitative estimate of drug-likeness (QED) is 0.748. The van der Waals surface area contributed by atoms with Crippen molar-refractivity contribution in [2.45, 2.75) is 13.0 Å². The van der Waals surface area contributed by atoms with E-state index >= 15 is 0 Å². The van der Waals surface area contributed by atoms with Crippen molar-refractivity contribution in [1.29, 1.82) is 0 Å². The molecule has 0 spiro atoms. The first-order chi connectivity index (χ1) is 9.13. The molecule has 0 aromatic carbocycles. The van der Waals surface area contributed by atoms with Gasteiger partial charge in [0.2, 0.25) is 5.91 Å². The second-order valence-corrected chi connectivity index (χ2v) is 5.26. The molecule has 2 heterocycles. The second-order valence-electron chi connectivity index (χ2n) is 4.34. The van der Waals surface area contributed by atoms with Crippen LogP contribution in [0.5, 0.6) is 0 Å². The summed E-state index contributed by atoms with van der Waals surface area (Å²) in [5.41, 5.74) is 0.489. The largest absolute Gasteiger partial charge is 0.356 e. The third kappa shape index (κ3) is 3.16. The van der Waals surface area contributed by atoms with E-state index in [1.165, 1.54) is 0 Å². The fraction of sp³-hybridized carbons (Fsp3) is 0.500. The minimum absolute atomic E-state index is 0.117. The summed E-state index contributed by atoms with van der Waals surface area (Å²) in [7, 11) is 0. The summed E-state index contributed by atoms with van der Waals surface area (Å²) in [4.78, 5) is 28.9. The molecule has 1 fully saturated rings. The number of carbonyl (C=O) groups excluding carboxylic acids is 2. The van der Waals surface area contributed by atoms with Gasteiger partial charge in [-0.25, -0.2) is 0 Å². The van der Waals surface area contributed by atoms with Gasteiger partial charge in [-0.1, -0.05) is 0 Å². The summed E-state index contributed by atoms with van der Waals surface area (Å²) >= 11 is 3.30. The van der Waals surface area contributed by atoms with Crippen molar-refractivity contribution in [2.24, 2.45) is 0 Å². The lowest BCUT2D eigenvalue weighted by atomic mass is 10.1. The van der Waals surface area contributed by atoms with Crippen LogP contribution in [-0.2, 0) is 4.79 Å². The number of hydrogen-bond acceptors (Lipinski definition) is 3. The number of piperazine rings is 1. The predicted octanol–water partition coefficient (Wildman–Crippen LogP) is 0.327. The van der Waals surface area contributed by atoms with E-state index in [9.17, 15) is 9.59 Å². The van der Waals surface area contributed by atoms with Crippen LogP contribution in [-0.4, -0.2) is 53.9 Å². The van der Waals surface area contributed by atoms with Crippen molar-refractivity contribution in [3.63, 3.8) is 0 Å². The van der Waals surface area contributed by atoms with Crippen LogP contribution in [0.3, 0.4) is 0 Å². The Labute approximate surface area is 120 Å². The highest BCUT2D eigenvalue weighted by Crippen LogP contribution is 2.15. The van der Waals surface area contributed by atoms with Crippen molar-refractivity contribution in [3.05, 3.63) is 22.4 Å². The first-order valence-corrected chi connectivity index (χ1v) is 7.06. The number of hydrogen-bond donors (Lipinski definition) is 3. The maximum atomic E-state index is 12.4. The fourth-order valence-corrected chi connectivity index (χ4v) is 2.46. The molecule has 104 valence electrons. The van der Waals surface area contributed by atoms with Gasteiger partial charge in [0.25, 0.3) is 5.91 Å². The molecule has 6 nitrogen and oxygen atoms in total. The molecule has 19 heavy (non-hydrogen) atoms. The molecular weight excluding hydrogens is 312 g/mol. The number of likely N-dealkylation sites (N-methyl/N-ethyl adjacent to an activating group) is 1. The fourth-order valence-electron chi connectivity index (χ4n) is 2.12. The number of nitrogens with one attached hydrogen (secondary N) is 3. The van der Waals surface area contributed by atoms with Gasteiger partial charge in [-0.15, -0.1) is 0 Å². The normalized spacial score (nSPS) is 19.3. The number of carbonyl (C=O) groups is 2. The highest BCUT2D eigenvalue weighted by atomic mass is 79.9. The Bertz CT molecular complexity index is 474. The molecule has 1 aromatic heterocycles. The number of nitrogens with zero attached hydrogens (tertiary/aromatic N) is 1. The van der Waals surface area contributed by atoms with Crippen molar-refractivity contribution >= 4 is 27.7 Å². The van der Waals surface area contributed by atoms with Crippen LogP contribution in [0, 0.1) is 0 Å². The van der Waals surface area contributed by atoms with Crippen LogP contribution >= 0.6 is 15.9 Å². The Morgan fingerprint density at radius 2 is 2.37 bits per heavy atom. The molecule has 0 radical (unpaired) electrons. The van der Waals surface area contributed by atoms with E-state index in [1.807, 2.05) is 6.92 Å². The van der Waals surface area contributed by atoms with Crippen molar-refractivity contribution < 1.29 is 9.59 Å². The first-order valence-electron chi connectivity index (χ1n) is 6.26. The number of amides is 2. The summed E-state index contributed by atoms with van der Waals surface area (Å²) in [6.07, 6.45) is 1.70. The Kier molecular flexibility index (Phi) is 4.60. The molecule has 2 rings (SSSR count). The minimum Gasteiger partial charge on any atom is -0.356 e. The molecule has 7 heteroatoms. The lowest BCUT2D eigenvalue weighted by Crippen LogP contribution is -2.59. The zero-order chi connectivity index (χ0) is 13.8. The smallest absolute Gasteiger partial charge is 0.271 e. The van der Waals surface area contributed by atoms with E-state index in [0.29, 0.717) is 31.9 Å². The first kappa shape index (κ1) is 14.1. The Hall–Kier alpha value is -1.34. The number of aromatic nitrogens is 1. The van der Waals surface area contributed by atoms with E-state index in [2.05, 4.69) is 31.5 Å². The van der Waals surface area contributed by atoms with Gasteiger partial charge in [-0.3, -0.25) is 9.59 Å². The third-order valence-corrected chi connectivity index (χ3v) is 3.49. The highest BCUT2D eigenvalue weighted by molar-refractivity contribution is 9.10. The molecule has 1 aliphatic rings. The minimum atomic E-state index is -0.455. The zero-order valence-corrected chi connectivity index (χ0v) is 12.3. The summed E-state index contributed by atoms with van der Waals surface area (Å²) < 4.78 is 0.820. The van der Waals surface area contributed by atoms with Crippen molar-refractivity contribution in [2.75, 3.05) is 26.2 Å². The maximum absolute atomic E-state index is 12.4. The molecule has 3 N–H and O–H groups in total. The number of halogens is 1. The molecule has 1 unspecified atom stereocenters. The van der Waals surface area contributed by atoms with Gasteiger partial charge in [-0.2, -0.15) is 0 Å². The molecule has 2 amide bonds. The lowest BCUT2D eigenvalue weighted by molar-refractivity contribution is -0.126. The van der Waals surface area contributed by atoms with Gasteiger partial charge < -0.3 is 20.5 Å². The molecular formula is C12H17BrN4O2. The Morgan fingerprint density at radius 1 is 1.58 bits per heavy atom. The predicted molar refractivity (Wildman–Crippen MR) is 74.9 cm³/mol. The molecule has 0 aliphatic carbocycles. The summed E-state index contributed by atoms with van der Waals surface area (Å²) in [6, 6.07) is 1.27. The lowest BCUT2D eigenvalue weighted by Gasteiger charge is -2.34. The number of H-pyrrole nitrogens is 1. The number of rotatable bonds is 3. The van der Waals surface area contributed by atoms with Crippen LogP contribution in [0.1, 0.15) is 17.4 Å². The SMILES string of the molecule is CCNC(=O)C1CNCCN1C(=O)c1cc(Br)c[nH]1. The van der Waals surface area contributed by atoms with E-state index in [-0.39, 0.29) is 11.8 Å². The molecule has 1 aromatic rings. The summed E-state index contributed by atoms with van der Waals surface area (Å²) in [5.74, 6) is -0.267. The zero-order valence-electron chi connectivity index (χ0n) is 10.7. The molecule has 1 atom stereocenters. The molecule has 1 aliphatic heterocycles. The summed E-state index contributed by atoms with van der Waals surface area (Å²) in [5, 5.41) is 5.91. The average molecular weight is 329 g/mol. The van der Waals surface area contributed by atoms with Gasteiger partial charge in [0.15, 0.2) is 0 Å². The van der Waals surface area contributed by atoms with Crippen LogP contribution in [0.4, 0.5) is 0 Å². The Morgan fingerprint density at radius 3 is 3.00 bits per heavy atom. The van der Waals surface area contributed by atoms with Crippen LogP contribution in [0.15, 0.2) is 16.7 Å². The number of aromatic amines is 1. The van der Waals surface area contributed by atoms with Crippen molar-refractivity contribution in [1.82, 2.24) is 20.5 Å². The topological polar surface area (TPSA) is 77.2 Å². The van der Waals surface area contributed by atoms with Gasteiger partial charge in [0, 0.05) is 36.8 Å². The van der Waals surface area contributed by atoms with E-state index in [0.717, 1.165) is 4.47 Å². The molecule has 0 saturated carbocycles. The van der Waals surface area contributed by atoms with Crippen LogP contribution < -0.4 is 10.6 Å². The monoisotopic (exact) mass is 328 g/mol. The summed E-state index contributed by atoms with van der Waals surface area (Å²) in [6.45, 7) is 4.13. The highest BCUT2D eigenvalue weighted by Gasteiger charge is 2.32. The van der Waals surface area contributed by atoms with Gasteiger partial charge in [0.1, 0.15) is 11.7 Å². The third-order valence-electron chi connectivity index (χ3n) is 3.04. The molecule has 0 bridgehead atoms. The van der Waals surface area contributed by atoms with E-state index in [1.54, 1.807) is 17.2 Å². The maximum Gasteiger partial charge on any atom is 0.271 e. The van der Waals surface area contributed by atoms with Crippen molar-refractivity contribution in [3.8, 4) is 0 Å². The van der Waals surface area contributed by atoms with E-state index < -0.39 is 6.04 Å².